The van der Waals surface area contributed by atoms with Gasteiger partial charge in [-0.3, -0.25) is 4.79 Å². The van der Waals surface area contributed by atoms with Crippen LogP contribution in [0, 0.1) is 0 Å². The zero-order valence-corrected chi connectivity index (χ0v) is 22.7. The number of allylic oxidation sites excluding steroid dienone is 3. The lowest BCUT2D eigenvalue weighted by atomic mass is 9.71. The van der Waals surface area contributed by atoms with Gasteiger partial charge in [-0.25, -0.2) is 4.79 Å². The SMILES string of the molecule is COC(=O)C1=C(C)NC2=C(C(=O)CC(c3ccc(OC)c(OC)c3)C2)C1c1cc(OC)c(OC)cc1OC. The number of ketones is 1. The largest absolute Gasteiger partial charge is 0.496 e. The number of carbonyl (C=O) groups is 2. The van der Waals surface area contributed by atoms with Crippen LogP contribution in [0.2, 0.25) is 0 Å². The number of ether oxygens (including phenoxy) is 6. The Morgan fingerprint density at radius 1 is 0.789 bits per heavy atom. The van der Waals surface area contributed by atoms with Crippen LogP contribution in [0.1, 0.15) is 42.7 Å². The average Bonchev–Trinajstić information content (AvgIpc) is 2.94. The molecule has 0 bridgehead atoms. The molecule has 0 saturated heterocycles. The molecule has 2 unspecified atom stereocenters. The van der Waals surface area contributed by atoms with E-state index in [1.165, 1.54) is 28.4 Å². The molecule has 2 aliphatic rings. The van der Waals surface area contributed by atoms with Crippen molar-refractivity contribution in [3.63, 3.8) is 0 Å². The van der Waals surface area contributed by atoms with Crippen molar-refractivity contribution in [2.75, 3.05) is 42.7 Å². The van der Waals surface area contributed by atoms with Gasteiger partial charge in [0.1, 0.15) is 5.75 Å². The molecule has 0 saturated carbocycles. The second-order valence-corrected chi connectivity index (χ2v) is 9.07. The maximum atomic E-state index is 13.9. The van der Waals surface area contributed by atoms with E-state index in [9.17, 15) is 9.59 Å². The molecule has 1 N–H and O–H groups in total. The molecule has 1 aliphatic carbocycles. The summed E-state index contributed by atoms with van der Waals surface area (Å²) in [5.41, 5.74) is 3.79. The number of esters is 1. The number of hydrogen-bond donors (Lipinski definition) is 1. The van der Waals surface area contributed by atoms with E-state index in [-0.39, 0.29) is 18.1 Å². The average molecular weight is 524 g/mol. The van der Waals surface area contributed by atoms with Gasteiger partial charge in [0.2, 0.25) is 0 Å². The lowest BCUT2D eigenvalue weighted by Crippen LogP contribution is -2.36. The Kier molecular flexibility index (Phi) is 7.85. The van der Waals surface area contributed by atoms with E-state index in [0.717, 1.165) is 11.3 Å². The summed E-state index contributed by atoms with van der Waals surface area (Å²) in [4.78, 5) is 26.9. The Morgan fingerprint density at radius 3 is 2.00 bits per heavy atom. The van der Waals surface area contributed by atoms with Crippen LogP contribution in [0.3, 0.4) is 0 Å². The van der Waals surface area contributed by atoms with Gasteiger partial charge >= 0.3 is 5.97 Å². The Morgan fingerprint density at radius 2 is 1.39 bits per heavy atom. The number of hydrogen-bond acceptors (Lipinski definition) is 9. The molecule has 38 heavy (non-hydrogen) atoms. The highest BCUT2D eigenvalue weighted by molar-refractivity contribution is 6.04. The predicted octanol–water partition coefficient (Wildman–Crippen LogP) is 4.26. The molecule has 0 spiro atoms. The number of carbonyl (C=O) groups excluding carboxylic acids is 2. The Balaban J connectivity index is 1.87. The molecule has 0 fully saturated rings. The Hall–Kier alpha value is -4.14. The van der Waals surface area contributed by atoms with Crippen LogP contribution in [0.15, 0.2) is 52.9 Å². The Bertz CT molecular complexity index is 1330. The second-order valence-electron chi connectivity index (χ2n) is 9.07. The first kappa shape index (κ1) is 26.9. The minimum atomic E-state index is -0.715. The summed E-state index contributed by atoms with van der Waals surface area (Å²) in [6.45, 7) is 1.81. The Labute approximate surface area is 222 Å². The van der Waals surface area contributed by atoms with Gasteiger partial charge in [-0.05, 0) is 43.0 Å². The van der Waals surface area contributed by atoms with Crippen molar-refractivity contribution in [1.29, 1.82) is 0 Å². The maximum Gasteiger partial charge on any atom is 0.336 e. The lowest BCUT2D eigenvalue weighted by molar-refractivity contribution is -0.136. The summed E-state index contributed by atoms with van der Waals surface area (Å²) in [5.74, 6) is 1.21. The van der Waals surface area contributed by atoms with Crippen LogP contribution in [0.4, 0.5) is 0 Å². The number of dihydropyridines is 1. The molecule has 9 heteroatoms. The van der Waals surface area contributed by atoms with Crippen LogP contribution in [0.5, 0.6) is 28.7 Å². The van der Waals surface area contributed by atoms with Gasteiger partial charge in [0.15, 0.2) is 28.8 Å². The van der Waals surface area contributed by atoms with E-state index in [4.69, 9.17) is 28.4 Å². The summed E-state index contributed by atoms with van der Waals surface area (Å²) < 4.78 is 32.7. The molecule has 1 aliphatic heterocycles. The quantitative estimate of drug-likeness (QED) is 0.509. The van der Waals surface area contributed by atoms with Crippen molar-refractivity contribution in [2.45, 2.75) is 31.6 Å². The van der Waals surface area contributed by atoms with Crippen LogP contribution >= 0.6 is 0 Å². The van der Waals surface area contributed by atoms with E-state index >= 15 is 0 Å². The van der Waals surface area contributed by atoms with Gasteiger partial charge in [0.05, 0.1) is 54.1 Å². The van der Waals surface area contributed by atoms with Crippen molar-refractivity contribution in [1.82, 2.24) is 5.32 Å². The summed E-state index contributed by atoms with van der Waals surface area (Å²) in [7, 11) is 9.09. The first-order chi connectivity index (χ1) is 18.3. The fourth-order valence-electron chi connectivity index (χ4n) is 5.35. The molecular weight excluding hydrogens is 490 g/mol. The molecule has 4 rings (SSSR count). The maximum absolute atomic E-state index is 13.9. The summed E-state index contributed by atoms with van der Waals surface area (Å²) in [6, 6.07) is 9.14. The summed E-state index contributed by atoms with van der Waals surface area (Å²) >= 11 is 0. The van der Waals surface area contributed by atoms with Crippen molar-refractivity contribution in [2.24, 2.45) is 0 Å². The number of rotatable bonds is 8. The molecule has 2 atom stereocenters. The molecule has 2 aromatic rings. The minimum Gasteiger partial charge on any atom is -0.496 e. The van der Waals surface area contributed by atoms with Crippen molar-refractivity contribution in [3.05, 3.63) is 64.0 Å². The second kappa shape index (κ2) is 11.1. The third-order valence-electron chi connectivity index (χ3n) is 7.16. The van der Waals surface area contributed by atoms with Gasteiger partial charge in [-0.2, -0.15) is 0 Å². The molecule has 1 heterocycles. The highest BCUT2D eigenvalue weighted by Crippen LogP contribution is 2.50. The minimum absolute atomic E-state index is 0.0747. The fourth-order valence-corrected chi connectivity index (χ4v) is 5.35. The van der Waals surface area contributed by atoms with Crippen LogP contribution in [0.25, 0.3) is 0 Å². The van der Waals surface area contributed by atoms with Gasteiger partial charge in [0.25, 0.3) is 0 Å². The number of Topliss-reactive ketones (excluding diaryl/α,β-unsaturated/α-hetero) is 1. The van der Waals surface area contributed by atoms with E-state index in [1.54, 1.807) is 33.3 Å². The summed E-state index contributed by atoms with van der Waals surface area (Å²) in [6.07, 6.45) is 0.823. The monoisotopic (exact) mass is 523 g/mol. The standard InChI is InChI=1S/C29H33NO8/c1-15-26(29(32)38-7)27(18-13-24(36-5)25(37-6)14-22(18)34-3)28-19(30-15)10-17(11-20(28)31)16-8-9-21(33-2)23(12-16)35-4/h8-9,12-14,17,27,30H,10-11H2,1-7H3. The highest BCUT2D eigenvalue weighted by Gasteiger charge is 2.43. The summed E-state index contributed by atoms with van der Waals surface area (Å²) in [5, 5.41) is 3.34. The van der Waals surface area contributed by atoms with Gasteiger partial charge in [-0.1, -0.05) is 6.07 Å². The molecular formula is C29H33NO8. The topological polar surface area (TPSA) is 102 Å². The third-order valence-corrected chi connectivity index (χ3v) is 7.16. The van der Waals surface area contributed by atoms with Gasteiger partial charge in [-0.15, -0.1) is 0 Å². The number of nitrogens with one attached hydrogen (secondary N) is 1. The number of benzene rings is 2. The van der Waals surface area contributed by atoms with Crippen LogP contribution in [-0.4, -0.2) is 54.4 Å². The number of methoxy groups -OCH3 is 6. The zero-order valence-electron chi connectivity index (χ0n) is 22.7. The van der Waals surface area contributed by atoms with E-state index in [0.29, 0.717) is 57.6 Å². The smallest absolute Gasteiger partial charge is 0.336 e. The normalized spacial score (nSPS) is 18.9. The third kappa shape index (κ3) is 4.64. The molecule has 0 aromatic heterocycles. The molecule has 0 radical (unpaired) electrons. The van der Waals surface area contributed by atoms with Gasteiger partial charge < -0.3 is 33.7 Å². The predicted molar refractivity (Wildman–Crippen MR) is 140 cm³/mol. The zero-order chi connectivity index (χ0) is 27.6. The molecule has 2 aromatic carbocycles. The molecule has 202 valence electrons. The van der Waals surface area contributed by atoms with Crippen molar-refractivity contribution >= 4 is 11.8 Å². The van der Waals surface area contributed by atoms with E-state index in [2.05, 4.69) is 5.32 Å². The molecule has 9 nitrogen and oxygen atoms in total. The highest BCUT2D eigenvalue weighted by atomic mass is 16.5. The fraction of sp³-hybridized carbons (Fsp3) is 0.379. The van der Waals surface area contributed by atoms with Crippen LogP contribution < -0.4 is 29.0 Å². The first-order valence-electron chi connectivity index (χ1n) is 12.2. The first-order valence-corrected chi connectivity index (χ1v) is 12.2. The van der Waals surface area contributed by atoms with Crippen molar-refractivity contribution in [3.8, 4) is 28.7 Å². The van der Waals surface area contributed by atoms with Gasteiger partial charge in [0, 0.05) is 35.0 Å². The van der Waals surface area contributed by atoms with E-state index < -0.39 is 11.9 Å². The van der Waals surface area contributed by atoms with Crippen molar-refractivity contribution < 1.29 is 38.0 Å². The molecule has 0 amide bonds. The lowest BCUT2D eigenvalue weighted by Gasteiger charge is -2.37. The van der Waals surface area contributed by atoms with E-state index in [1.807, 2.05) is 18.2 Å². The van der Waals surface area contributed by atoms with Crippen LogP contribution in [-0.2, 0) is 14.3 Å².